The van der Waals surface area contributed by atoms with Gasteiger partial charge in [0.05, 0.1) is 17.8 Å². The topological polar surface area (TPSA) is 76.0 Å². The molecule has 2 N–H and O–H groups in total. The summed E-state index contributed by atoms with van der Waals surface area (Å²) in [5.74, 6) is 0.361. The fourth-order valence-corrected chi connectivity index (χ4v) is 2.04. The predicted molar refractivity (Wildman–Crippen MR) is 78.0 cm³/mol. The molecule has 0 spiro atoms. The first kappa shape index (κ1) is 14.8. The van der Waals surface area contributed by atoms with Gasteiger partial charge in [-0.15, -0.1) is 0 Å². The van der Waals surface area contributed by atoms with Crippen LogP contribution < -0.4 is 16.2 Å². The number of anilines is 1. The Hall–Kier alpha value is -1.56. The van der Waals surface area contributed by atoms with E-state index in [1.54, 1.807) is 0 Å². The maximum absolute atomic E-state index is 12.2. The largest absolute Gasteiger partial charge is 0.370 e. The van der Waals surface area contributed by atoms with Crippen molar-refractivity contribution in [3.63, 3.8) is 0 Å². The fourth-order valence-electron chi connectivity index (χ4n) is 1.85. The van der Waals surface area contributed by atoms with Crippen molar-refractivity contribution in [2.75, 3.05) is 11.9 Å². The minimum Gasteiger partial charge on any atom is -0.370 e. The van der Waals surface area contributed by atoms with Crippen LogP contribution in [0.5, 0.6) is 0 Å². The Kier molecular flexibility index (Phi) is 4.65. The molecule has 7 heteroatoms. The van der Waals surface area contributed by atoms with Crippen LogP contribution in [0.15, 0.2) is 11.0 Å². The molecule has 1 aromatic heterocycles. The fraction of sp³-hybridized carbons (Fsp3) is 0.615. The van der Waals surface area contributed by atoms with Gasteiger partial charge in [0.1, 0.15) is 5.69 Å². The number of amides is 1. The smallest absolute Gasteiger partial charge is 0.291 e. The molecule has 20 heavy (non-hydrogen) atoms. The molecule has 2 rings (SSSR count). The molecule has 1 aliphatic rings. The molecule has 1 fully saturated rings. The molecular formula is C13H19ClN4O2. The molecule has 0 unspecified atom stereocenters. The molecule has 0 bridgehead atoms. The van der Waals surface area contributed by atoms with E-state index in [1.807, 2.05) is 13.8 Å². The van der Waals surface area contributed by atoms with Crippen molar-refractivity contribution in [2.45, 2.75) is 39.3 Å². The monoisotopic (exact) mass is 298 g/mol. The van der Waals surface area contributed by atoms with Crippen LogP contribution >= 0.6 is 11.6 Å². The molecule has 0 radical (unpaired) electrons. The highest BCUT2D eigenvalue weighted by Crippen LogP contribution is 2.30. The van der Waals surface area contributed by atoms with E-state index in [2.05, 4.69) is 15.7 Å². The zero-order chi connectivity index (χ0) is 14.7. The minimum atomic E-state index is -0.276. The Bertz CT molecular complexity index is 552. The van der Waals surface area contributed by atoms with Crippen LogP contribution in [0.3, 0.4) is 0 Å². The first-order valence-electron chi connectivity index (χ1n) is 6.76. The third-order valence-electron chi connectivity index (χ3n) is 3.00. The Morgan fingerprint density at radius 3 is 2.85 bits per heavy atom. The van der Waals surface area contributed by atoms with E-state index in [-0.39, 0.29) is 34.8 Å². The summed E-state index contributed by atoms with van der Waals surface area (Å²) in [5.41, 5.74) is -0.0389. The molecular weight excluding hydrogens is 280 g/mol. The van der Waals surface area contributed by atoms with Crippen LogP contribution in [0, 0.1) is 5.92 Å². The number of carbonyl (C=O) groups is 1. The molecule has 1 aliphatic carbocycles. The lowest BCUT2D eigenvalue weighted by Crippen LogP contribution is -2.36. The van der Waals surface area contributed by atoms with Gasteiger partial charge < -0.3 is 10.6 Å². The summed E-state index contributed by atoms with van der Waals surface area (Å²) >= 11 is 5.97. The number of nitrogens with zero attached hydrogens (tertiary/aromatic N) is 2. The maximum atomic E-state index is 12.2. The van der Waals surface area contributed by atoms with Crippen molar-refractivity contribution in [3.8, 4) is 0 Å². The van der Waals surface area contributed by atoms with E-state index in [0.717, 1.165) is 12.8 Å². The average Bonchev–Trinajstić information content (AvgIpc) is 3.16. The maximum Gasteiger partial charge on any atom is 0.291 e. The van der Waals surface area contributed by atoms with Gasteiger partial charge in [0.2, 0.25) is 5.91 Å². The van der Waals surface area contributed by atoms with Gasteiger partial charge in [-0.25, -0.2) is 4.68 Å². The third kappa shape index (κ3) is 3.96. The van der Waals surface area contributed by atoms with Crippen LogP contribution in [0.2, 0.25) is 5.02 Å². The molecule has 1 amide bonds. The molecule has 0 atom stereocenters. The highest BCUT2D eigenvalue weighted by Gasteiger charge is 2.23. The quantitative estimate of drug-likeness (QED) is 0.828. The van der Waals surface area contributed by atoms with Crippen molar-refractivity contribution in [3.05, 3.63) is 21.6 Å². The molecule has 110 valence electrons. The predicted octanol–water partition coefficient (Wildman–Crippen LogP) is 1.24. The van der Waals surface area contributed by atoms with Gasteiger partial charge in [0.25, 0.3) is 5.56 Å². The number of nitrogens with one attached hydrogen (secondary N) is 2. The minimum absolute atomic E-state index is 0.0145. The van der Waals surface area contributed by atoms with E-state index in [4.69, 9.17) is 11.6 Å². The number of aromatic nitrogens is 2. The molecule has 0 saturated heterocycles. The van der Waals surface area contributed by atoms with Crippen molar-refractivity contribution < 1.29 is 4.79 Å². The zero-order valence-electron chi connectivity index (χ0n) is 11.6. The van der Waals surface area contributed by atoms with Gasteiger partial charge in [-0.05, 0) is 32.6 Å². The molecule has 1 aromatic rings. The second-order valence-electron chi connectivity index (χ2n) is 5.37. The highest BCUT2D eigenvalue weighted by molar-refractivity contribution is 6.33. The van der Waals surface area contributed by atoms with E-state index >= 15 is 0 Å². The second-order valence-corrected chi connectivity index (χ2v) is 5.78. The lowest BCUT2D eigenvalue weighted by molar-refractivity contribution is -0.119. The molecule has 1 saturated carbocycles. The average molecular weight is 299 g/mol. The summed E-state index contributed by atoms with van der Waals surface area (Å²) in [7, 11) is 0. The zero-order valence-corrected chi connectivity index (χ0v) is 12.4. The Morgan fingerprint density at radius 2 is 2.25 bits per heavy atom. The van der Waals surface area contributed by atoms with Crippen LogP contribution in [0.4, 0.5) is 5.69 Å². The molecule has 6 nitrogen and oxygen atoms in total. The van der Waals surface area contributed by atoms with Crippen molar-refractivity contribution >= 4 is 23.2 Å². The van der Waals surface area contributed by atoms with Crippen molar-refractivity contribution in [1.82, 2.24) is 15.1 Å². The molecule has 0 aromatic carbocycles. The summed E-state index contributed by atoms with van der Waals surface area (Å²) < 4.78 is 1.41. The van der Waals surface area contributed by atoms with Gasteiger partial charge in [-0.2, -0.15) is 5.10 Å². The Morgan fingerprint density at radius 1 is 1.55 bits per heavy atom. The SMILES string of the molecule is CC(C)NC(=O)CNc1c(Cl)cnn(CC2CC2)c1=O. The van der Waals surface area contributed by atoms with Crippen molar-refractivity contribution in [1.29, 1.82) is 0 Å². The summed E-state index contributed by atoms with van der Waals surface area (Å²) in [6.45, 7) is 4.38. The summed E-state index contributed by atoms with van der Waals surface area (Å²) in [4.78, 5) is 23.8. The van der Waals surface area contributed by atoms with Gasteiger partial charge in [-0.1, -0.05) is 11.6 Å². The number of halogens is 1. The van der Waals surface area contributed by atoms with Gasteiger partial charge >= 0.3 is 0 Å². The first-order chi connectivity index (χ1) is 9.47. The third-order valence-corrected chi connectivity index (χ3v) is 3.29. The number of rotatable bonds is 6. The molecule has 0 aliphatic heterocycles. The van der Waals surface area contributed by atoms with Crippen LogP contribution in [-0.2, 0) is 11.3 Å². The standard InChI is InChI=1S/C13H19ClN4O2/c1-8(2)17-11(19)6-15-12-10(14)5-16-18(13(12)20)7-9-3-4-9/h5,8-9,15H,3-4,6-7H2,1-2H3,(H,17,19). The summed E-state index contributed by atoms with van der Waals surface area (Å²) in [5, 5.41) is 9.80. The van der Waals surface area contributed by atoms with Crippen molar-refractivity contribution in [2.24, 2.45) is 5.92 Å². The van der Waals surface area contributed by atoms with Crippen LogP contribution in [0.1, 0.15) is 26.7 Å². The Labute approximate surface area is 122 Å². The van der Waals surface area contributed by atoms with E-state index in [9.17, 15) is 9.59 Å². The van der Waals surface area contributed by atoms with E-state index in [1.165, 1.54) is 10.9 Å². The summed E-state index contributed by atoms with van der Waals surface area (Å²) in [6.07, 6.45) is 3.71. The lowest BCUT2D eigenvalue weighted by atomic mass is 10.3. The van der Waals surface area contributed by atoms with Gasteiger partial charge in [0, 0.05) is 12.6 Å². The number of carbonyl (C=O) groups excluding carboxylic acids is 1. The second kappa shape index (κ2) is 6.26. The summed E-state index contributed by atoms with van der Waals surface area (Å²) in [6, 6.07) is 0.0590. The van der Waals surface area contributed by atoms with Crippen LogP contribution in [-0.4, -0.2) is 28.3 Å². The normalized spacial score (nSPS) is 14.4. The lowest BCUT2D eigenvalue weighted by Gasteiger charge is -2.12. The first-order valence-corrected chi connectivity index (χ1v) is 7.14. The van der Waals surface area contributed by atoms with Gasteiger partial charge in [0.15, 0.2) is 0 Å². The van der Waals surface area contributed by atoms with Crippen LogP contribution in [0.25, 0.3) is 0 Å². The Balaban J connectivity index is 2.05. The number of hydrogen-bond donors (Lipinski definition) is 2. The number of hydrogen-bond acceptors (Lipinski definition) is 4. The van der Waals surface area contributed by atoms with E-state index < -0.39 is 0 Å². The molecule has 1 heterocycles. The highest BCUT2D eigenvalue weighted by atomic mass is 35.5. The van der Waals surface area contributed by atoms with Gasteiger partial charge in [-0.3, -0.25) is 9.59 Å². The van der Waals surface area contributed by atoms with E-state index in [0.29, 0.717) is 12.5 Å².